The number of thiocarbonyl (C=S) groups is 1. The number of nitrogens with zero attached hydrogens (tertiary/aromatic N) is 3. The number of anilines is 1. The molecule has 2 aromatic heterocycles. The number of para-hydroxylation sites is 1. The highest BCUT2D eigenvalue weighted by Gasteiger charge is 2.35. The fourth-order valence-electron chi connectivity index (χ4n) is 5.05. The van der Waals surface area contributed by atoms with E-state index in [0.29, 0.717) is 45.8 Å². The van der Waals surface area contributed by atoms with E-state index in [9.17, 15) is 18.4 Å². The van der Waals surface area contributed by atoms with Crippen molar-refractivity contribution in [2.45, 2.75) is 58.5 Å². The predicted octanol–water partition coefficient (Wildman–Crippen LogP) is 10.3. The lowest BCUT2D eigenvalue weighted by Gasteiger charge is -2.17. The molecule has 0 atom stereocenters. The molecular weight excluding hydrogens is 682 g/mol. The molecule has 0 aliphatic carbocycles. The number of aromatic nitrogens is 2. The maximum atomic E-state index is 14.5. The van der Waals surface area contributed by atoms with Gasteiger partial charge in [-0.2, -0.15) is 18.4 Å². The molecular formula is C37H37F3N4O4SSi. The van der Waals surface area contributed by atoms with E-state index in [4.69, 9.17) is 31.2 Å². The summed E-state index contributed by atoms with van der Waals surface area (Å²) < 4.78 is 68.8. The Morgan fingerprint density at radius 3 is 2.42 bits per heavy atom. The maximum absolute atomic E-state index is 14.5. The minimum Gasteiger partial charge on any atom is -0.490 e. The van der Waals surface area contributed by atoms with Gasteiger partial charge in [0.15, 0.2) is 0 Å². The normalized spacial score (nSPS) is 11.8. The van der Waals surface area contributed by atoms with Crippen LogP contribution in [0.5, 0.6) is 23.0 Å². The van der Waals surface area contributed by atoms with Gasteiger partial charge in [-0.3, -0.25) is 0 Å². The van der Waals surface area contributed by atoms with Crippen molar-refractivity contribution in [2.24, 2.45) is 0 Å². The van der Waals surface area contributed by atoms with Gasteiger partial charge in [0.1, 0.15) is 47.0 Å². The van der Waals surface area contributed by atoms with E-state index in [-0.39, 0.29) is 29.4 Å². The van der Waals surface area contributed by atoms with Crippen molar-refractivity contribution in [1.82, 2.24) is 9.55 Å². The van der Waals surface area contributed by atoms with Crippen molar-refractivity contribution < 1.29 is 32.1 Å². The van der Waals surface area contributed by atoms with Crippen LogP contribution in [0.3, 0.4) is 0 Å². The molecule has 5 aromatic rings. The van der Waals surface area contributed by atoms with E-state index in [2.05, 4.69) is 36.0 Å². The average Bonchev–Trinajstić information content (AvgIpc) is 3.42. The van der Waals surface area contributed by atoms with Gasteiger partial charge in [0, 0.05) is 38.3 Å². The maximum Gasteiger partial charge on any atom is 0.420 e. The first-order valence-corrected chi connectivity index (χ1v) is 20.0. The molecule has 0 radical (unpaired) electrons. The summed E-state index contributed by atoms with van der Waals surface area (Å²) >= 11 is 5.22. The highest BCUT2D eigenvalue weighted by molar-refractivity contribution is 7.80. The Morgan fingerprint density at radius 2 is 1.74 bits per heavy atom. The lowest BCUT2D eigenvalue weighted by Crippen LogP contribution is -2.22. The standard InChI is InChI=1S/C37H37F3N4O4SSi/c1-24(2)46-31-13-11-25(19-26(31)21-41)29-22-44(23-45-17-18-50(3,4)5)35-34(29)33(15-16-42-35)48-32-14-12-27(20-30(32)37(38,39)40)43-36(49)47-28-9-7-6-8-10-28/h6-16,19-20,22,24H,17-18,23H2,1-5H3,(H,43,49). The molecule has 5 rings (SSSR count). The van der Waals surface area contributed by atoms with Crippen molar-refractivity contribution in [3.8, 4) is 40.2 Å². The molecule has 3 aromatic carbocycles. The van der Waals surface area contributed by atoms with Crippen LogP contribution in [-0.2, 0) is 17.6 Å². The molecule has 13 heteroatoms. The zero-order chi connectivity index (χ0) is 36.1. The number of pyridine rings is 1. The summed E-state index contributed by atoms with van der Waals surface area (Å²) in [5.41, 5.74) is 1.03. The number of alkyl halides is 3. The molecule has 0 bridgehead atoms. The van der Waals surface area contributed by atoms with Crippen LogP contribution in [0.1, 0.15) is 25.0 Å². The molecule has 0 fully saturated rings. The predicted molar refractivity (Wildman–Crippen MR) is 195 cm³/mol. The van der Waals surface area contributed by atoms with Crippen LogP contribution in [0, 0.1) is 11.3 Å². The Morgan fingerprint density at radius 1 is 1.00 bits per heavy atom. The van der Waals surface area contributed by atoms with Crippen molar-refractivity contribution >= 4 is 42.2 Å². The fourth-order valence-corrected chi connectivity index (χ4v) is 6.02. The molecule has 0 unspecified atom stereocenters. The molecule has 0 aliphatic heterocycles. The Kier molecular flexibility index (Phi) is 11.2. The quantitative estimate of drug-likeness (QED) is 0.0775. The van der Waals surface area contributed by atoms with Crippen LogP contribution < -0.4 is 19.5 Å². The highest BCUT2D eigenvalue weighted by atomic mass is 32.1. The molecule has 50 heavy (non-hydrogen) atoms. The van der Waals surface area contributed by atoms with Crippen molar-refractivity contribution in [1.29, 1.82) is 5.26 Å². The largest absolute Gasteiger partial charge is 0.490 e. The second-order valence-electron chi connectivity index (χ2n) is 13.0. The Labute approximate surface area is 295 Å². The monoisotopic (exact) mass is 718 g/mol. The minimum atomic E-state index is -4.77. The summed E-state index contributed by atoms with van der Waals surface area (Å²) in [5.74, 6) is 0.585. The Bertz CT molecular complexity index is 2020. The van der Waals surface area contributed by atoms with Crippen LogP contribution in [0.2, 0.25) is 25.7 Å². The lowest BCUT2D eigenvalue weighted by molar-refractivity contribution is -0.138. The Balaban J connectivity index is 1.54. The molecule has 0 saturated carbocycles. The second kappa shape index (κ2) is 15.3. The van der Waals surface area contributed by atoms with Gasteiger partial charge in [-0.05, 0) is 86.2 Å². The van der Waals surface area contributed by atoms with Gasteiger partial charge in [0.2, 0.25) is 0 Å². The first-order chi connectivity index (χ1) is 23.7. The zero-order valence-corrected chi connectivity index (χ0v) is 30.1. The minimum absolute atomic E-state index is 0.0699. The molecule has 0 saturated heterocycles. The third-order valence-corrected chi connectivity index (χ3v) is 9.31. The van der Waals surface area contributed by atoms with Crippen LogP contribution in [-0.4, -0.2) is 35.5 Å². The van der Waals surface area contributed by atoms with Gasteiger partial charge in [0.05, 0.1) is 17.1 Å². The topological polar surface area (TPSA) is 90.6 Å². The van der Waals surface area contributed by atoms with Crippen molar-refractivity contribution in [3.05, 3.63) is 96.3 Å². The second-order valence-corrected chi connectivity index (χ2v) is 19.0. The summed E-state index contributed by atoms with van der Waals surface area (Å²) in [5, 5.41) is 13.0. The van der Waals surface area contributed by atoms with E-state index >= 15 is 0 Å². The smallest absolute Gasteiger partial charge is 0.420 e. The van der Waals surface area contributed by atoms with Gasteiger partial charge in [-0.1, -0.05) is 43.9 Å². The van der Waals surface area contributed by atoms with Gasteiger partial charge in [0.25, 0.3) is 5.17 Å². The molecule has 0 amide bonds. The molecule has 0 spiro atoms. The van der Waals surface area contributed by atoms with E-state index in [1.807, 2.05) is 20.0 Å². The van der Waals surface area contributed by atoms with Gasteiger partial charge in [-0.15, -0.1) is 0 Å². The third-order valence-electron chi connectivity index (χ3n) is 7.42. The number of fused-ring (bicyclic) bond motifs is 1. The summed E-state index contributed by atoms with van der Waals surface area (Å²) in [6.07, 6.45) is -1.63. The Hall–Kier alpha value is -4.90. The number of nitriles is 1. The molecule has 2 heterocycles. The van der Waals surface area contributed by atoms with Crippen molar-refractivity contribution in [2.75, 3.05) is 11.9 Å². The van der Waals surface area contributed by atoms with E-state index in [1.165, 1.54) is 24.4 Å². The van der Waals surface area contributed by atoms with Crippen LogP contribution in [0.4, 0.5) is 18.9 Å². The molecule has 8 nitrogen and oxygen atoms in total. The summed E-state index contributed by atoms with van der Waals surface area (Å²) in [6, 6.07) is 22.1. The summed E-state index contributed by atoms with van der Waals surface area (Å²) in [6.45, 7) is 11.2. The lowest BCUT2D eigenvalue weighted by atomic mass is 10.0. The van der Waals surface area contributed by atoms with Gasteiger partial charge < -0.3 is 28.8 Å². The number of halogens is 3. The van der Waals surface area contributed by atoms with E-state index < -0.39 is 25.6 Å². The number of hydrogen-bond acceptors (Lipinski definition) is 7. The zero-order valence-electron chi connectivity index (χ0n) is 28.3. The third kappa shape index (κ3) is 9.20. The first-order valence-electron chi connectivity index (χ1n) is 15.9. The van der Waals surface area contributed by atoms with Gasteiger partial charge in [-0.25, -0.2) is 4.98 Å². The molecule has 1 N–H and O–H groups in total. The van der Waals surface area contributed by atoms with E-state index in [0.717, 1.165) is 12.1 Å². The number of hydrogen-bond donors (Lipinski definition) is 1. The fraction of sp³-hybridized carbons (Fsp3) is 0.270. The number of benzene rings is 3. The number of ether oxygens (including phenoxy) is 4. The SMILES string of the molecule is CC(C)Oc1ccc(-c2cn(COCC[Si](C)(C)C)c3nccc(Oc4ccc(NC(=S)Oc5ccccc5)cc4C(F)(F)F)c23)cc1C#N. The molecule has 0 aliphatic rings. The van der Waals surface area contributed by atoms with Gasteiger partial charge >= 0.3 is 6.18 Å². The summed E-state index contributed by atoms with van der Waals surface area (Å²) in [7, 11) is -1.35. The van der Waals surface area contributed by atoms with Crippen LogP contribution in [0.15, 0.2) is 85.2 Å². The number of rotatable bonds is 12. The summed E-state index contributed by atoms with van der Waals surface area (Å²) in [4.78, 5) is 4.57. The average molecular weight is 719 g/mol. The van der Waals surface area contributed by atoms with Crippen molar-refractivity contribution in [3.63, 3.8) is 0 Å². The first kappa shape index (κ1) is 36.4. The van der Waals surface area contributed by atoms with Crippen LogP contribution >= 0.6 is 12.2 Å². The van der Waals surface area contributed by atoms with Crippen LogP contribution in [0.25, 0.3) is 22.2 Å². The highest BCUT2D eigenvalue weighted by Crippen LogP contribution is 2.43. The van der Waals surface area contributed by atoms with E-state index in [1.54, 1.807) is 53.1 Å². The molecule has 260 valence electrons. The number of nitrogens with one attached hydrogen (secondary N) is 1.